The Balaban J connectivity index is 2.07. The number of rotatable bonds is 7. The van der Waals surface area contributed by atoms with Gasteiger partial charge in [-0.2, -0.15) is 0 Å². The zero-order chi connectivity index (χ0) is 22.7. The number of benzene rings is 2. The summed E-state index contributed by atoms with van der Waals surface area (Å²) in [5, 5.41) is 1.57. The molecule has 0 aliphatic heterocycles. The lowest BCUT2D eigenvalue weighted by Gasteiger charge is -2.17. The number of hydrogen-bond acceptors (Lipinski definition) is 6. The molecule has 12 heteroatoms. The SMILES string of the molecule is COc1cc(-n2cnc3cc(C(=O)NN)ccc32)cc(OC)c1C(=O)NC(F)C(F)F. The van der Waals surface area contributed by atoms with E-state index >= 15 is 0 Å². The Hall–Kier alpha value is -3.80. The summed E-state index contributed by atoms with van der Waals surface area (Å²) >= 11 is 0. The number of amides is 2. The van der Waals surface area contributed by atoms with Crippen LogP contribution < -0.4 is 26.1 Å². The van der Waals surface area contributed by atoms with Crippen LogP contribution in [0.15, 0.2) is 36.7 Å². The maximum absolute atomic E-state index is 13.3. The minimum absolute atomic E-state index is 0.0331. The van der Waals surface area contributed by atoms with E-state index in [0.717, 1.165) is 0 Å². The van der Waals surface area contributed by atoms with Crippen molar-refractivity contribution in [3.8, 4) is 17.2 Å². The number of alkyl halides is 3. The van der Waals surface area contributed by atoms with Crippen LogP contribution >= 0.6 is 0 Å². The molecule has 1 unspecified atom stereocenters. The Morgan fingerprint density at radius 1 is 1.06 bits per heavy atom. The quantitative estimate of drug-likeness (QED) is 0.225. The summed E-state index contributed by atoms with van der Waals surface area (Å²) in [5.41, 5.74) is 3.64. The monoisotopic (exact) mass is 437 g/mol. The second-order valence-electron chi connectivity index (χ2n) is 6.23. The van der Waals surface area contributed by atoms with Crippen LogP contribution in [0.3, 0.4) is 0 Å². The molecule has 164 valence electrons. The van der Waals surface area contributed by atoms with Gasteiger partial charge in [-0.05, 0) is 18.2 Å². The van der Waals surface area contributed by atoms with Gasteiger partial charge in [0.25, 0.3) is 18.2 Å². The predicted molar refractivity (Wildman–Crippen MR) is 104 cm³/mol. The van der Waals surface area contributed by atoms with Crippen molar-refractivity contribution in [3.05, 3.63) is 47.8 Å². The number of imidazole rings is 1. The number of aromatic nitrogens is 2. The van der Waals surface area contributed by atoms with Crippen molar-refractivity contribution < 1.29 is 32.2 Å². The number of fused-ring (bicyclic) bond motifs is 1. The number of nitrogens with zero attached hydrogens (tertiary/aromatic N) is 2. The van der Waals surface area contributed by atoms with Crippen LogP contribution in [0.1, 0.15) is 20.7 Å². The van der Waals surface area contributed by atoms with Crippen molar-refractivity contribution in [1.82, 2.24) is 20.3 Å². The average Bonchev–Trinajstić information content (AvgIpc) is 3.20. The first-order valence-electron chi connectivity index (χ1n) is 8.78. The minimum atomic E-state index is -3.39. The number of nitrogen functional groups attached to an aromatic ring is 1. The fourth-order valence-corrected chi connectivity index (χ4v) is 2.96. The highest BCUT2D eigenvalue weighted by atomic mass is 19.3. The molecule has 2 amide bonds. The number of carbonyl (C=O) groups excluding carboxylic acids is 2. The van der Waals surface area contributed by atoms with E-state index in [1.54, 1.807) is 22.0 Å². The van der Waals surface area contributed by atoms with Crippen molar-refractivity contribution in [1.29, 1.82) is 0 Å². The van der Waals surface area contributed by atoms with Crippen molar-refractivity contribution in [2.75, 3.05) is 14.2 Å². The van der Waals surface area contributed by atoms with Gasteiger partial charge in [-0.15, -0.1) is 0 Å². The van der Waals surface area contributed by atoms with Gasteiger partial charge in [0.15, 0.2) is 0 Å². The summed E-state index contributed by atoms with van der Waals surface area (Å²) in [6.07, 6.45) is -4.76. The number of hydrogen-bond donors (Lipinski definition) is 3. The molecule has 0 saturated heterocycles. The molecule has 0 aliphatic carbocycles. The molecule has 0 spiro atoms. The number of hydrazine groups is 1. The van der Waals surface area contributed by atoms with Gasteiger partial charge >= 0.3 is 0 Å². The van der Waals surface area contributed by atoms with E-state index in [0.29, 0.717) is 22.3 Å². The Morgan fingerprint density at radius 3 is 2.26 bits per heavy atom. The van der Waals surface area contributed by atoms with Crippen LogP contribution in [0.2, 0.25) is 0 Å². The lowest BCUT2D eigenvalue weighted by molar-refractivity contribution is 0.0285. The average molecular weight is 437 g/mol. The molecule has 0 fully saturated rings. The molecule has 1 heterocycles. The summed E-state index contributed by atoms with van der Waals surface area (Å²) in [6.45, 7) is 0. The first kappa shape index (κ1) is 21.9. The number of halogens is 3. The summed E-state index contributed by atoms with van der Waals surface area (Å²) in [5.74, 6) is 3.47. The van der Waals surface area contributed by atoms with Gasteiger partial charge in [-0.25, -0.2) is 24.0 Å². The van der Waals surface area contributed by atoms with E-state index in [2.05, 4.69) is 4.98 Å². The maximum Gasteiger partial charge on any atom is 0.287 e. The zero-order valence-electron chi connectivity index (χ0n) is 16.4. The van der Waals surface area contributed by atoms with Crippen molar-refractivity contribution in [3.63, 3.8) is 0 Å². The Labute approximate surface area is 173 Å². The Kier molecular flexibility index (Phi) is 6.30. The fourth-order valence-electron chi connectivity index (χ4n) is 2.96. The molecule has 31 heavy (non-hydrogen) atoms. The molecule has 1 aromatic heterocycles. The van der Waals surface area contributed by atoms with E-state index in [-0.39, 0.29) is 17.1 Å². The summed E-state index contributed by atoms with van der Waals surface area (Å²) in [7, 11) is 2.53. The summed E-state index contributed by atoms with van der Waals surface area (Å²) < 4.78 is 50.3. The van der Waals surface area contributed by atoms with Crippen molar-refractivity contribution in [2.24, 2.45) is 5.84 Å². The van der Waals surface area contributed by atoms with E-state index in [4.69, 9.17) is 15.3 Å². The molecule has 0 bridgehead atoms. The fraction of sp³-hybridized carbons (Fsp3) is 0.211. The van der Waals surface area contributed by atoms with Crippen LogP contribution in [0.25, 0.3) is 16.7 Å². The molecule has 1 atom stereocenters. The normalized spacial score (nSPS) is 12.0. The molecule has 0 saturated carbocycles. The molecular weight excluding hydrogens is 419 g/mol. The first-order valence-corrected chi connectivity index (χ1v) is 8.78. The van der Waals surface area contributed by atoms with Gasteiger partial charge in [-0.1, -0.05) is 0 Å². The van der Waals surface area contributed by atoms with Gasteiger partial charge < -0.3 is 14.8 Å². The lowest BCUT2D eigenvalue weighted by atomic mass is 10.1. The second kappa shape index (κ2) is 8.92. The predicted octanol–water partition coefficient (Wildman–Crippen LogP) is 1.94. The van der Waals surface area contributed by atoms with Crippen molar-refractivity contribution in [2.45, 2.75) is 12.7 Å². The number of carbonyl (C=O) groups is 2. The molecule has 2 aromatic carbocycles. The first-order chi connectivity index (χ1) is 14.8. The molecule has 3 aromatic rings. The maximum atomic E-state index is 13.3. The lowest BCUT2D eigenvalue weighted by Crippen LogP contribution is -2.36. The minimum Gasteiger partial charge on any atom is -0.496 e. The molecule has 3 rings (SSSR count). The van der Waals surface area contributed by atoms with Crippen LogP contribution in [0.4, 0.5) is 13.2 Å². The van der Waals surface area contributed by atoms with Gasteiger partial charge in [0.05, 0.1) is 30.9 Å². The highest BCUT2D eigenvalue weighted by Crippen LogP contribution is 2.33. The highest BCUT2D eigenvalue weighted by molar-refractivity contribution is 6.00. The van der Waals surface area contributed by atoms with E-state index in [1.165, 1.54) is 38.7 Å². The van der Waals surface area contributed by atoms with Gasteiger partial charge in [0.2, 0.25) is 6.30 Å². The smallest absolute Gasteiger partial charge is 0.287 e. The third-order valence-electron chi connectivity index (χ3n) is 4.43. The van der Waals surface area contributed by atoms with Crippen LogP contribution in [0.5, 0.6) is 11.5 Å². The summed E-state index contributed by atoms with van der Waals surface area (Å²) in [6, 6.07) is 7.60. The van der Waals surface area contributed by atoms with Crippen LogP contribution in [0, 0.1) is 0 Å². The van der Waals surface area contributed by atoms with E-state index in [1.807, 2.05) is 5.43 Å². The molecule has 0 aliphatic rings. The van der Waals surface area contributed by atoms with Gasteiger partial charge in [0, 0.05) is 17.7 Å². The Bertz CT molecular complexity index is 1110. The van der Waals surface area contributed by atoms with Gasteiger partial charge in [0.1, 0.15) is 23.4 Å². The largest absolute Gasteiger partial charge is 0.496 e. The molecule has 9 nitrogen and oxygen atoms in total. The van der Waals surface area contributed by atoms with E-state index in [9.17, 15) is 22.8 Å². The molecule has 0 radical (unpaired) electrons. The number of methoxy groups -OCH3 is 2. The Morgan fingerprint density at radius 2 is 1.71 bits per heavy atom. The number of nitrogens with two attached hydrogens (primary N) is 1. The number of ether oxygens (including phenoxy) is 2. The third-order valence-corrected chi connectivity index (χ3v) is 4.43. The highest BCUT2D eigenvalue weighted by Gasteiger charge is 2.27. The second-order valence-corrected chi connectivity index (χ2v) is 6.23. The molecule has 4 N–H and O–H groups in total. The van der Waals surface area contributed by atoms with Crippen LogP contribution in [-0.2, 0) is 0 Å². The topological polar surface area (TPSA) is 120 Å². The third kappa shape index (κ3) is 4.23. The summed E-state index contributed by atoms with van der Waals surface area (Å²) in [4.78, 5) is 28.3. The van der Waals surface area contributed by atoms with E-state index < -0.39 is 24.5 Å². The number of nitrogens with one attached hydrogen (secondary N) is 2. The molecular formula is C19H18F3N5O4. The zero-order valence-corrected chi connectivity index (χ0v) is 16.4. The van der Waals surface area contributed by atoms with Crippen molar-refractivity contribution >= 4 is 22.8 Å². The van der Waals surface area contributed by atoms with Gasteiger partial charge in [-0.3, -0.25) is 19.6 Å². The van der Waals surface area contributed by atoms with Crippen LogP contribution in [-0.4, -0.2) is 48.3 Å². The standard InChI is InChI=1S/C19H18F3N5O4/c1-30-13-6-10(7-14(31-2)15(13)19(29)25-17(22)16(20)21)27-8-24-11-5-9(18(28)26-23)3-4-12(11)27/h3-8,16-17H,23H2,1-2H3,(H,25,29)(H,26,28).